The molecule has 2 aromatic heterocycles. The van der Waals surface area contributed by atoms with Gasteiger partial charge in [0.15, 0.2) is 19.5 Å². The number of piperazine rings is 1. The van der Waals surface area contributed by atoms with Crippen molar-refractivity contribution in [1.29, 1.82) is 0 Å². The molecule has 5 rings (SSSR count). The second kappa shape index (κ2) is 10.3. The smallest absolute Gasteiger partial charge is 0.278 e. The number of nitrogen functional groups attached to an aromatic ring is 1. The lowest BCUT2D eigenvalue weighted by Crippen LogP contribution is -2.45. The number of morpholine rings is 1. The second-order valence-corrected chi connectivity index (χ2v) is 8.77. The molecule has 35 heavy (non-hydrogen) atoms. The van der Waals surface area contributed by atoms with Gasteiger partial charge in [-0.15, -0.1) is 0 Å². The van der Waals surface area contributed by atoms with Crippen LogP contribution in [0.4, 0.5) is 22.9 Å². The van der Waals surface area contributed by atoms with E-state index in [4.69, 9.17) is 10.5 Å². The van der Waals surface area contributed by atoms with Gasteiger partial charge in [-0.1, -0.05) is 12.1 Å². The highest BCUT2D eigenvalue weighted by Gasteiger charge is 2.20. The van der Waals surface area contributed by atoms with E-state index >= 15 is 0 Å². The summed E-state index contributed by atoms with van der Waals surface area (Å²) in [6.07, 6.45) is 4.94. The lowest BCUT2D eigenvalue weighted by molar-refractivity contribution is 0.102. The van der Waals surface area contributed by atoms with Crippen LogP contribution in [0.2, 0.25) is 0 Å². The van der Waals surface area contributed by atoms with E-state index in [2.05, 4.69) is 55.0 Å². The third kappa shape index (κ3) is 5.20. The largest absolute Gasteiger partial charge is 0.382 e. The van der Waals surface area contributed by atoms with Crippen molar-refractivity contribution in [3.8, 4) is 11.3 Å². The van der Waals surface area contributed by atoms with Gasteiger partial charge in [0, 0.05) is 56.7 Å². The molecule has 2 aliphatic rings. The van der Waals surface area contributed by atoms with Crippen molar-refractivity contribution in [2.75, 3.05) is 73.3 Å². The Morgan fingerprint density at radius 1 is 0.971 bits per heavy atom. The van der Waals surface area contributed by atoms with Crippen LogP contribution < -0.4 is 20.9 Å². The molecule has 0 spiro atoms. The zero-order chi connectivity index (χ0) is 24.2. The predicted octanol–water partition coefficient (Wildman–Crippen LogP) is 0.880. The maximum atomic E-state index is 13.2. The van der Waals surface area contributed by atoms with Gasteiger partial charge < -0.3 is 30.4 Å². The summed E-state index contributed by atoms with van der Waals surface area (Å²) in [6, 6.07) is 10.1. The number of carbonyl (C=O) groups is 1. The quantitative estimate of drug-likeness (QED) is 0.523. The average Bonchev–Trinajstić information content (AvgIpc) is 2.90. The number of nitrogens with zero attached hydrogens (tertiary/aromatic N) is 6. The highest BCUT2D eigenvalue weighted by Crippen LogP contribution is 2.27. The van der Waals surface area contributed by atoms with Crippen molar-refractivity contribution in [3.05, 3.63) is 54.6 Å². The number of hydrogen-bond donors (Lipinski definition) is 2. The zero-order valence-corrected chi connectivity index (χ0v) is 19.9. The molecule has 2 aliphatic heterocycles. The van der Waals surface area contributed by atoms with Crippen LogP contribution in [-0.2, 0) is 4.74 Å². The van der Waals surface area contributed by atoms with Gasteiger partial charge in [0.2, 0.25) is 0 Å². The SMILES string of the molecule is BN1CCN(c2ccc(-c3cnc(N)c(C(=O)Nc4cnccc4N4CCOCC4)n3)cc2)CC1. The van der Waals surface area contributed by atoms with Gasteiger partial charge in [-0.05, 0) is 18.2 Å². The summed E-state index contributed by atoms with van der Waals surface area (Å²) in [5.41, 5.74) is 10.3. The van der Waals surface area contributed by atoms with Crippen LogP contribution in [0.25, 0.3) is 11.3 Å². The van der Waals surface area contributed by atoms with E-state index in [0.717, 1.165) is 50.5 Å². The number of ether oxygens (including phenoxy) is 1. The molecule has 2 saturated heterocycles. The third-order valence-corrected chi connectivity index (χ3v) is 6.45. The summed E-state index contributed by atoms with van der Waals surface area (Å²) in [5, 5.41) is 2.92. The Labute approximate surface area is 205 Å². The molecule has 1 amide bonds. The summed E-state index contributed by atoms with van der Waals surface area (Å²) < 4.78 is 5.44. The van der Waals surface area contributed by atoms with Crippen molar-refractivity contribution in [3.63, 3.8) is 0 Å². The molecule has 3 N–H and O–H groups in total. The standard InChI is InChI=1S/C24H29BN8O2/c25-33-9-7-31(8-10-33)18-3-1-17(2-4-18)19-16-28-23(26)22(29-19)24(34)30-20-15-27-6-5-21(20)32-11-13-35-14-12-32/h1-6,15-16H,7-14,25H2,(H2,26,28)(H,30,34). The highest BCUT2D eigenvalue weighted by molar-refractivity contribution is 6.07. The van der Waals surface area contributed by atoms with Gasteiger partial charge in [-0.25, -0.2) is 9.97 Å². The Kier molecular flexibility index (Phi) is 6.78. The van der Waals surface area contributed by atoms with Gasteiger partial charge in [0.25, 0.3) is 5.91 Å². The summed E-state index contributed by atoms with van der Waals surface area (Å²) in [4.78, 5) is 33.0. The minimum Gasteiger partial charge on any atom is -0.382 e. The monoisotopic (exact) mass is 472 g/mol. The molecular weight excluding hydrogens is 443 g/mol. The van der Waals surface area contributed by atoms with Crippen LogP contribution in [0.5, 0.6) is 0 Å². The minimum atomic E-state index is -0.423. The van der Waals surface area contributed by atoms with E-state index in [0.29, 0.717) is 24.6 Å². The summed E-state index contributed by atoms with van der Waals surface area (Å²) in [7, 11) is 2.14. The topological polar surface area (TPSA) is 113 Å². The molecule has 0 unspecified atom stereocenters. The van der Waals surface area contributed by atoms with Gasteiger partial charge in [-0.3, -0.25) is 9.78 Å². The first-order valence-electron chi connectivity index (χ1n) is 11.8. The molecule has 4 heterocycles. The summed E-state index contributed by atoms with van der Waals surface area (Å²) >= 11 is 0. The van der Waals surface area contributed by atoms with Crippen molar-refractivity contribution >= 4 is 36.8 Å². The number of carbonyl (C=O) groups excluding carboxylic acids is 1. The Hall–Kier alpha value is -3.70. The lowest BCUT2D eigenvalue weighted by Gasteiger charge is -2.34. The molecule has 2 fully saturated rings. The number of benzene rings is 1. The molecule has 11 heteroatoms. The van der Waals surface area contributed by atoms with Crippen LogP contribution in [0.1, 0.15) is 10.5 Å². The molecule has 0 aliphatic carbocycles. The van der Waals surface area contributed by atoms with E-state index in [1.807, 2.05) is 18.2 Å². The predicted molar refractivity (Wildman–Crippen MR) is 139 cm³/mol. The molecule has 0 radical (unpaired) electrons. The van der Waals surface area contributed by atoms with Gasteiger partial charge in [0.05, 0.1) is 42.7 Å². The molecule has 0 saturated carbocycles. The first-order chi connectivity index (χ1) is 17.1. The van der Waals surface area contributed by atoms with Crippen molar-refractivity contribution < 1.29 is 9.53 Å². The normalized spacial score (nSPS) is 16.8. The lowest BCUT2D eigenvalue weighted by atomic mass is 10.1. The van der Waals surface area contributed by atoms with Crippen LogP contribution in [0.3, 0.4) is 0 Å². The highest BCUT2D eigenvalue weighted by atomic mass is 16.5. The van der Waals surface area contributed by atoms with Crippen molar-refractivity contribution in [2.24, 2.45) is 0 Å². The van der Waals surface area contributed by atoms with Gasteiger partial charge >= 0.3 is 0 Å². The molecular formula is C24H29BN8O2. The van der Waals surface area contributed by atoms with Crippen LogP contribution in [0.15, 0.2) is 48.9 Å². The molecule has 3 aromatic rings. The van der Waals surface area contributed by atoms with Crippen LogP contribution in [-0.4, -0.2) is 86.1 Å². The Bertz CT molecular complexity index is 1180. The van der Waals surface area contributed by atoms with Crippen LogP contribution >= 0.6 is 0 Å². The maximum Gasteiger partial charge on any atom is 0.278 e. The fraction of sp³-hybridized carbons (Fsp3) is 0.333. The maximum absolute atomic E-state index is 13.2. The fourth-order valence-electron chi connectivity index (χ4n) is 4.36. The molecule has 0 atom stereocenters. The Morgan fingerprint density at radius 2 is 1.71 bits per heavy atom. The number of anilines is 4. The van der Waals surface area contributed by atoms with E-state index in [1.165, 1.54) is 5.69 Å². The first-order valence-corrected chi connectivity index (χ1v) is 11.8. The number of amides is 1. The number of hydrogen-bond acceptors (Lipinski definition) is 9. The van der Waals surface area contributed by atoms with Gasteiger partial charge in [-0.2, -0.15) is 0 Å². The minimum absolute atomic E-state index is 0.0807. The summed E-state index contributed by atoms with van der Waals surface area (Å²) in [6.45, 7) is 6.88. The Morgan fingerprint density at radius 3 is 2.46 bits per heavy atom. The Balaban J connectivity index is 1.34. The second-order valence-electron chi connectivity index (χ2n) is 8.77. The van der Waals surface area contributed by atoms with E-state index < -0.39 is 5.91 Å². The third-order valence-electron chi connectivity index (χ3n) is 6.45. The van der Waals surface area contributed by atoms with Crippen LogP contribution in [0, 0.1) is 0 Å². The summed E-state index contributed by atoms with van der Waals surface area (Å²) in [5.74, 6) is -0.342. The molecule has 10 nitrogen and oxygen atoms in total. The average molecular weight is 472 g/mol. The van der Waals surface area contributed by atoms with Gasteiger partial charge in [0.1, 0.15) is 0 Å². The number of nitrogens with one attached hydrogen (secondary N) is 1. The van der Waals surface area contributed by atoms with E-state index in [1.54, 1.807) is 18.6 Å². The van der Waals surface area contributed by atoms with E-state index in [9.17, 15) is 4.79 Å². The number of nitrogens with two attached hydrogens (primary N) is 1. The number of pyridine rings is 1. The zero-order valence-electron chi connectivity index (χ0n) is 19.9. The number of rotatable bonds is 5. The van der Waals surface area contributed by atoms with Crippen molar-refractivity contribution in [2.45, 2.75) is 0 Å². The first kappa shape index (κ1) is 23.1. The molecule has 0 bridgehead atoms. The van der Waals surface area contributed by atoms with Crippen molar-refractivity contribution in [1.82, 2.24) is 19.8 Å². The molecule has 1 aromatic carbocycles. The molecule has 180 valence electrons. The number of aromatic nitrogens is 3. The fourth-order valence-corrected chi connectivity index (χ4v) is 4.36. The van der Waals surface area contributed by atoms with E-state index in [-0.39, 0.29) is 11.5 Å².